The van der Waals surface area contributed by atoms with E-state index in [1.54, 1.807) is 6.07 Å². The van der Waals surface area contributed by atoms with Crippen molar-refractivity contribution < 1.29 is 9.53 Å². The Kier molecular flexibility index (Phi) is 3.55. The van der Waals surface area contributed by atoms with Crippen LogP contribution in [0.1, 0.15) is 16.2 Å². The third-order valence-corrected chi connectivity index (χ3v) is 3.19. The number of carbonyl (C=O) groups is 1. The number of nitrogens with zero attached hydrogens (tertiary/aromatic N) is 1. The van der Waals surface area contributed by atoms with E-state index in [0.717, 1.165) is 17.7 Å². The van der Waals surface area contributed by atoms with Crippen LogP contribution in [0.4, 0.5) is 0 Å². The molecule has 0 saturated heterocycles. The Morgan fingerprint density at radius 2 is 2.00 bits per heavy atom. The van der Waals surface area contributed by atoms with Gasteiger partial charge in [-0.05, 0) is 17.7 Å². The number of carbonyl (C=O) groups excluding carboxylic acids is 1. The van der Waals surface area contributed by atoms with Gasteiger partial charge in [-0.2, -0.15) is 0 Å². The number of ether oxygens (including phenoxy) is 1. The molecule has 0 saturated carbocycles. The molecule has 1 amide bonds. The molecule has 0 atom stereocenters. The van der Waals surface area contributed by atoms with Crippen LogP contribution in [-0.4, -0.2) is 22.5 Å². The van der Waals surface area contributed by atoms with E-state index in [-0.39, 0.29) is 5.82 Å². The maximum atomic E-state index is 11.1. The molecule has 2 aromatic carbocycles. The van der Waals surface area contributed by atoms with E-state index in [4.69, 9.17) is 10.5 Å². The smallest absolute Gasteiger partial charge is 0.284 e. The minimum atomic E-state index is -0.572. The number of hydrogen-bond acceptors (Lipinski definition) is 3. The van der Waals surface area contributed by atoms with Crippen molar-refractivity contribution in [3.05, 3.63) is 59.9 Å². The normalized spacial score (nSPS) is 10.7. The van der Waals surface area contributed by atoms with E-state index in [0.29, 0.717) is 12.1 Å². The zero-order valence-corrected chi connectivity index (χ0v) is 11.4. The van der Waals surface area contributed by atoms with Gasteiger partial charge in [0.2, 0.25) is 0 Å². The minimum Gasteiger partial charge on any atom is -0.493 e. The molecule has 0 radical (unpaired) electrons. The third-order valence-electron chi connectivity index (χ3n) is 3.19. The summed E-state index contributed by atoms with van der Waals surface area (Å²) in [6.07, 6.45) is 0.839. The van der Waals surface area contributed by atoms with Crippen molar-refractivity contribution in [3.8, 4) is 5.75 Å². The maximum absolute atomic E-state index is 11.1. The lowest BCUT2D eigenvalue weighted by Crippen LogP contribution is -2.12. The summed E-state index contributed by atoms with van der Waals surface area (Å²) in [7, 11) is 0. The van der Waals surface area contributed by atoms with E-state index < -0.39 is 5.91 Å². The Morgan fingerprint density at radius 3 is 2.76 bits per heavy atom. The van der Waals surface area contributed by atoms with Crippen molar-refractivity contribution in [1.29, 1.82) is 0 Å². The van der Waals surface area contributed by atoms with Crippen LogP contribution in [0.15, 0.2) is 48.5 Å². The average Bonchev–Trinajstić information content (AvgIpc) is 2.92. The predicted molar refractivity (Wildman–Crippen MR) is 80.3 cm³/mol. The van der Waals surface area contributed by atoms with Crippen LogP contribution >= 0.6 is 0 Å². The Bertz CT molecular complexity index is 766. The number of nitrogens with one attached hydrogen (secondary N) is 1. The SMILES string of the molecule is NC(=O)c1nc2cc(OCCc3ccccc3)ccc2[nH]1. The lowest BCUT2D eigenvalue weighted by molar-refractivity contribution is 0.0991. The number of aromatic amines is 1. The van der Waals surface area contributed by atoms with E-state index in [9.17, 15) is 4.79 Å². The summed E-state index contributed by atoms with van der Waals surface area (Å²) in [6, 6.07) is 15.6. The van der Waals surface area contributed by atoms with Gasteiger partial charge in [0.1, 0.15) is 5.75 Å². The molecule has 0 fully saturated rings. The molecular weight excluding hydrogens is 266 g/mol. The highest BCUT2D eigenvalue weighted by Gasteiger charge is 2.08. The number of amides is 1. The molecular formula is C16H15N3O2. The first-order valence-corrected chi connectivity index (χ1v) is 6.69. The van der Waals surface area contributed by atoms with Gasteiger partial charge in [0, 0.05) is 12.5 Å². The van der Waals surface area contributed by atoms with Crippen molar-refractivity contribution in [2.45, 2.75) is 6.42 Å². The summed E-state index contributed by atoms with van der Waals surface area (Å²) in [5.74, 6) is 0.310. The first-order chi connectivity index (χ1) is 10.2. The molecule has 0 aliphatic carbocycles. The van der Waals surface area contributed by atoms with Gasteiger partial charge < -0.3 is 15.5 Å². The highest BCUT2D eigenvalue weighted by molar-refractivity contribution is 5.93. The van der Waals surface area contributed by atoms with Crippen LogP contribution in [0.5, 0.6) is 5.75 Å². The third kappa shape index (κ3) is 3.02. The molecule has 1 aromatic heterocycles. The lowest BCUT2D eigenvalue weighted by atomic mass is 10.2. The van der Waals surface area contributed by atoms with E-state index in [1.165, 1.54) is 5.56 Å². The van der Waals surface area contributed by atoms with Crippen LogP contribution in [0.2, 0.25) is 0 Å². The number of rotatable bonds is 5. The van der Waals surface area contributed by atoms with Crippen molar-refractivity contribution in [3.63, 3.8) is 0 Å². The highest BCUT2D eigenvalue weighted by atomic mass is 16.5. The average molecular weight is 281 g/mol. The topological polar surface area (TPSA) is 81.0 Å². The summed E-state index contributed by atoms with van der Waals surface area (Å²) in [4.78, 5) is 18.1. The summed E-state index contributed by atoms with van der Waals surface area (Å²) in [5.41, 5.74) is 7.86. The standard InChI is InChI=1S/C16H15N3O2/c17-15(20)16-18-13-7-6-12(10-14(13)19-16)21-9-8-11-4-2-1-3-5-11/h1-7,10H,8-9H2,(H2,17,20)(H,18,19). The largest absolute Gasteiger partial charge is 0.493 e. The van der Waals surface area contributed by atoms with Crippen LogP contribution in [0.3, 0.4) is 0 Å². The molecule has 0 spiro atoms. The number of primary amides is 1. The molecule has 3 aromatic rings. The summed E-state index contributed by atoms with van der Waals surface area (Å²) < 4.78 is 5.72. The highest BCUT2D eigenvalue weighted by Crippen LogP contribution is 2.19. The number of nitrogens with two attached hydrogens (primary N) is 1. The second-order valence-electron chi connectivity index (χ2n) is 4.71. The van der Waals surface area contributed by atoms with Gasteiger partial charge in [-0.15, -0.1) is 0 Å². The number of aromatic nitrogens is 2. The second-order valence-corrected chi connectivity index (χ2v) is 4.71. The number of H-pyrrole nitrogens is 1. The number of imidazole rings is 1. The minimum absolute atomic E-state index is 0.159. The van der Waals surface area contributed by atoms with E-state index in [1.807, 2.05) is 30.3 Å². The summed E-state index contributed by atoms with van der Waals surface area (Å²) in [6.45, 7) is 0.586. The van der Waals surface area contributed by atoms with Gasteiger partial charge in [0.25, 0.3) is 5.91 Å². The van der Waals surface area contributed by atoms with Gasteiger partial charge in [0.15, 0.2) is 5.82 Å². The molecule has 0 unspecified atom stereocenters. The van der Waals surface area contributed by atoms with E-state index >= 15 is 0 Å². The Balaban J connectivity index is 1.68. The van der Waals surface area contributed by atoms with Gasteiger partial charge in [-0.1, -0.05) is 30.3 Å². The van der Waals surface area contributed by atoms with Crippen LogP contribution in [0.25, 0.3) is 11.0 Å². The van der Waals surface area contributed by atoms with Crippen LogP contribution < -0.4 is 10.5 Å². The van der Waals surface area contributed by atoms with Gasteiger partial charge in [-0.25, -0.2) is 4.98 Å². The first kappa shape index (κ1) is 13.2. The van der Waals surface area contributed by atoms with Crippen LogP contribution in [-0.2, 0) is 6.42 Å². The number of benzene rings is 2. The molecule has 106 valence electrons. The Labute approximate surface area is 121 Å². The van der Waals surface area contributed by atoms with Crippen molar-refractivity contribution in [1.82, 2.24) is 9.97 Å². The molecule has 1 heterocycles. The molecule has 21 heavy (non-hydrogen) atoms. The Hall–Kier alpha value is -2.82. The first-order valence-electron chi connectivity index (χ1n) is 6.69. The second kappa shape index (κ2) is 5.66. The van der Waals surface area contributed by atoms with Crippen molar-refractivity contribution in [2.75, 3.05) is 6.61 Å². The molecule has 5 heteroatoms. The zero-order chi connectivity index (χ0) is 14.7. The van der Waals surface area contributed by atoms with Gasteiger partial charge in [0.05, 0.1) is 17.6 Å². The number of hydrogen-bond donors (Lipinski definition) is 2. The van der Waals surface area contributed by atoms with Crippen LogP contribution in [0, 0.1) is 0 Å². The molecule has 0 aliphatic rings. The fourth-order valence-electron chi connectivity index (χ4n) is 2.12. The molecule has 3 rings (SSSR count). The Morgan fingerprint density at radius 1 is 1.19 bits per heavy atom. The number of fused-ring (bicyclic) bond motifs is 1. The molecule has 3 N–H and O–H groups in total. The fraction of sp³-hybridized carbons (Fsp3) is 0.125. The predicted octanol–water partition coefficient (Wildman–Crippen LogP) is 2.28. The lowest BCUT2D eigenvalue weighted by Gasteiger charge is -2.06. The molecule has 0 bridgehead atoms. The molecule has 0 aliphatic heterocycles. The monoisotopic (exact) mass is 281 g/mol. The van der Waals surface area contributed by atoms with Crippen molar-refractivity contribution in [2.24, 2.45) is 5.73 Å². The van der Waals surface area contributed by atoms with Crippen molar-refractivity contribution >= 4 is 16.9 Å². The quantitative estimate of drug-likeness (QED) is 0.752. The fourth-order valence-corrected chi connectivity index (χ4v) is 2.12. The summed E-state index contributed by atoms with van der Waals surface area (Å²) >= 11 is 0. The van der Waals surface area contributed by atoms with Gasteiger partial charge >= 0.3 is 0 Å². The molecule has 5 nitrogen and oxygen atoms in total. The maximum Gasteiger partial charge on any atom is 0.284 e. The summed E-state index contributed by atoms with van der Waals surface area (Å²) in [5, 5.41) is 0. The van der Waals surface area contributed by atoms with E-state index in [2.05, 4.69) is 22.1 Å². The van der Waals surface area contributed by atoms with Gasteiger partial charge in [-0.3, -0.25) is 4.79 Å². The zero-order valence-electron chi connectivity index (χ0n) is 11.4.